The smallest absolute Gasteiger partial charge is 0.339 e. The van der Waals surface area contributed by atoms with Gasteiger partial charge in [-0.15, -0.1) is 11.3 Å². The topological polar surface area (TPSA) is 62.1 Å². The third kappa shape index (κ3) is 3.29. The van der Waals surface area contributed by atoms with Crippen LogP contribution in [-0.4, -0.2) is 13.1 Å². The molecule has 0 atom stereocenters. The van der Waals surface area contributed by atoms with Gasteiger partial charge in [-0.25, -0.2) is 4.79 Å². The van der Waals surface area contributed by atoms with E-state index in [0.717, 1.165) is 10.6 Å². The van der Waals surface area contributed by atoms with Crippen LogP contribution in [0.4, 0.5) is 5.69 Å². The maximum atomic E-state index is 11.5. The number of thiophene rings is 1. The van der Waals surface area contributed by atoms with Crippen molar-refractivity contribution in [3.63, 3.8) is 0 Å². The molecule has 0 saturated heterocycles. The van der Waals surface area contributed by atoms with Gasteiger partial charge in [0, 0.05) is 22.5 Å². The molecule has 1 N–H and O–H groups in total. The summed E-state index contributed by atoms with van der Waals surface area (Å²) in [6.07, 6.45) is 0. The van der Waals surface area contributed by atoms with Gasteiger partial charge in [0.2, 0.25) is 0 Å². The van der Waals surface area contributed by atoms with Gasteiger partial charge in [0.05, 0.1) is 23.3 Å². The number of anilines is 1. The van der Waals surface area contributed by atoms with Gasteiger partial charge in [-0.1, -0.05) is 11.6 Å². The summed E-state index contributed by atoms with van der Waals surface area (Å²) < 4.78 is 4.67. The van der Waals surface area contributed by atoms with Crippen LogP contribution in [0.25, 0.3) is 0 Å². The SMILES string of the molecule is COC(=O)c1cc(NCc2cc(C#N)cs2)ccc1Cl. The molecule has 1 aromatic heterocycles. The highest BCUT2D eigenvalue weighted by Crippen LogP contribution is 2.22. The summed E-state index contributed by atoms with van der Waals surface area (Å²) in [5, 5.41) is 14.1. The van der Waals surface area contributed by atoms with Crippen molar-refractivity contribution >= 4 is 34.6 Å². The number of nitrogens with zero attached hydrogens (tertiary/aromatic N) is 1. The minimum atomic E-state index is -0.471. The summed E-state index contributed by atoms with van der Waals surface area (Å²) >= 11 is 7.46. The van der Waals surface area contributed by atoms with Crippen LogP contribution in [-0.2, 0) is 11.3 Å². The summed E-state index contributed by atoms with van der Waals surface area (Å²) in [6, 6.07) is 8.99. The Morgan fingerprint density at radius 3 is 2.95 bits per heavy atom. The number of rotatable bonds is 4. The van der Waals surface area contributed by atoms with Crippen LogP contribution in [0.15, 0.2) is 29.6 Å². The zero-order valence-corrected chi connectivity index (χ0v) is 12.2. The average Bonchev–Trinajstić information content (AvgIpc) is 2.93. The van der Waals surface area contributed by atoms with E-state index in [0.29, 0.717) is 22.7 Å². The monoisotopic (exact) mass is 306 g/mol. The Morgan fingerprint density at radius 2 is 2.30 bits per heavy atom. The summed E-state index contributed by atoms with van der Waals surface area (Å²) in [7, 11) is 1.31. The predicted molar refractivity (Wildman–Crippen MR) is 79.2 cm³/mol. The molecule has 102 valence electrons. The molecule has 6 heteroatoms. The third-order valence-corrected chi connectivity index (χ3v) is 3.89. The molecule has 0 unspecified atom stereocenters. The second-order valence-electron chi connectivity index (χ2n) is 3.95. The van der Waals surface area contributed by atoms with Crippen LogP contribution < -0.4 is 5.32 Å². The minimum absolute atomic E-state index is 0.322. The van der Waals surface area contributed by atoms with Crippen molar-refractivity contribution in [1.29, 1.82) is 5.26 Å². The molecule has 2 aromatic rings. The van der Waals surface area contributed by atoms with Crippen LogP contribution in [0.2, 0.25) is 5.02 Å². The van der Waals surface area contributed by atoms with Gasteiger partial charge in [0.15, 0.2) is 0 Å². The molecule has 2 rings (SSSR count). The van der Waals surface area contributed by atoms with Crippen molar-refractivity contribution in [1.82, 2.24) is 0 Å². The molecule has 0 aliphatic carbocycles. The quantitative estimate of drug-likeness (QED) is 0.875. The number of hydrogen-bond acceptors (Lipinski definition) is 5. The van der Waals surface area contributed by atoms with E-state index in [1.807, 2.05) is 6.07 Å². The summed E-state index contributed by atoms with van der Waals surface area (Å²) in [5.41, 5.74) is 1.74. The molecule has 1 aromatic carbocycles. The van der Waals surface area contributed by atoms with Crippen molar-refractivity contribution < 1.29 is 9.53 Å². The lowest BCUT2D eigenvalue weighted by molar-refractivity contribution is 0.0601. The first-order valence-corrected chi connectivity index (χ1v) is 6.99. The van der Waals surface area contributed by atoms with Gasteiger partial charge in [0.1, 0.15) is 6.07 Å². The molecule has 4 nitrogen and oxygen atoms in total. The molecule has 0 bridgehead atoms. The van der Waals surface area contributed by atoms with Crippen LogP contribution in [0.5, 0.6) is 0 Å². The zero-order chi connectivity index (χ0) is 14.5. The van der Waals surface area contributed by atoms with Gasteiger partial charge in [-0.3, -0.25) is 0 Å². The number of methoxy groups -OCH3 is 1. The minimum Gasteiger partial charge on any atom is -0.465 e. The second kappa shape index (κ2) is 6.42. The Hall–Kier alpha value is -2.03. The molecule has 0 aliphatic heterocycles. The standard InChI is InChI=1S/C14H11ClN2O2S/c1-19-14(18)12-5-10(2-3-13(12)15)17-7-11-4-9(6-16)8-20-11/h2-5,8,17H,7H2,1H3. The van der Waals surface area contributed by atoms with E-state index in [9.17, 15) is 4.79 Å². The van der Waals surface area contributed by atoms with E-state index in [1.54, 1.807) is 23.6 Å². The summed E-state index contributed by atoms with van der Waals surface area (Å²) in [4.78, 5) is 12.6. The number of benzene rings is 1. The van der Waals surface area contributed by atoms with Crippen LogP contribution in [0.3, 0.4) is 0 Å². The van der Waals surface area contributed by atoms with Crippen molar-refractivity contribution in [3.05, 3.63) is 50.7 Å². The molecule has 0 aliphatic rings. The molecule has 20 heavy (non-hydrogen) atoms. The van der Waals surface area contributed by atoms with Crippen molar-refractivity contribution in [2.24, 2.45) is 0 Å². The van der Waals surface area contributed by atoms with E-state index < -0.39 is 5.97 Å². The van der Waals surface area contributed by atoms with Gasteiger partial charge >= 0.3 is 5.97 Å². The average molecular weight is 307 g/mol. The van der Waals surface area contributed by atoms with E-state index in [1.165, 1.54) is 18.4 Å². The fourth-order valence-electron chi connectivity index (χ4n) is 1.62. The lowest BCUT2D eigenvalue weighted by Crippen LogP contribution is -2.04. The molecule has 0 radical (unpaired) electrons. The zero-order valence-electron chi connectivity index (χ0n) is 10.6. The lowest BCUT2D eigenvalue weighted by Gasteiger charge is -2.08. The largest absolute Gasteiger partial charge is 0.465 e. The van der Waals surface area contributed by atoms with E-state index in [4.69, 9.17) is 16.9 Å². The van der Waals surface area contributed by atoms with Gasteiger partial charge in [-0.05, 0) is 24.3 Å². The third-order valence-electron chi connectivity index (χ3n) is 2.62. The maximum absolute atomic E-state index is 11.5. The number of halogens is 1. The molecule has 0 saturated carbocycles. The summed E-state index contributed by atoms with van der Waals surface area (Å²) in [6.45, 7) is 0.578. The normalized spacial score (nSPS) is 9.85. The molecular weight excluding hydrogens is 296 g/mol. The Morgan fingerprint density at radius 1 is 1.50 bits per heavy atom. The number of esters is 1. The van der Waals surface area contributed by atoms with Crippen molar-refractivity contribution in [2.75, 3.05) is 12.4 Å². The first-order chi connectivity index (χ1) is 9.63. The van der Waals surface area contributed by atoms with Gasteiger partial charge in [0.25, 0.3) is 0 Å². The number of carbonyl (C=O) groups is 1. The Balaban J connectivity index is 2.10. The van der Waals surface area contributed by atoms with Crippen LogP contribution in [0, 0.1) is 11.3 Å². The number of carbonyl (C=O) groups excluding carboxylic acids is 1. The number of nitrogens with one attached hydrogen (secondary N) is 1. The predicted octanol–water partition coefficient (Wildman–Crippen LogP) is 3.67. The molecular formula is C14H11ClN2O2S. The molecule has 0 fully saturated rings. The highest BCUT2D eigenvalue weighted by molar-refractivity contribution is 7.10. The second-order valence-corrected chi connectivity index (χ2v) is 5.36. The van der Waals surface area contributed by atoms with Gasteiger partial charge in [-0.2, -0.15) is 5.26 Å². The number of nitriles is 1. The Labute approximate surface area is 125 Å². The van der Waals surface area contributed by atoms with Crippen LogP contribution >= 0.6 is 22.9 Å². The van der Waals surface area contributed by atoms with E-state index in [-0.39, 0.29) is 0 Å². The van der Waals surface area contributed by atoms with Crippen LogP contribution in [0.1, 0.15) is 20.8 Å². The van der Waals surface area contributed by atoms with Crippen molar-refractivity contribution in [2.45, 2.75) is 6.54 Å². The fraction of sp³-hybridized carbons (Fsp3) is 0.143. The highest BCUT2D eigenvalue weighted by Gasteiger charge is 2.11. The summed E-state index contributed by atoms with van der Waals surface area (Å²) in [5.74, 6) is -0.471. The number of hydrogen-bond donors (Lipinski definition) is 1. The first-order valence-electron chi connectivity index (χ1n) is 5.73. The fourth-order valence-corrected chi connectivity index (χ4v) is 2.57. The Kier molecular flexibility index (Phi) is 4.61. The number of ether oxygens (including phenoxy) is 1. The van der Waals surface area contributed by atoms with Gasteiger partial charge < -0.3 is 10.1 Å². The maximum Gasteiger partial charge on any atom is 0.339 e. The molecule has 0 amide bonds. The lowest BCUT2D eigenvalue weighted by atomic mass is 10.2. The first kappa shape index (κ1) is 14.4. The molecule has 1 heterocycles. The van der Waals surface area contributed by atoms with E-state index >= 15 is 0 Å². The molecule has 0 spiro atoms. The Bertz CT molecular complexity index is 676. The van der Waals surface area contributed by atoms with Crippen molar-refractivity contribution in [3.8, 4) is 6.07 Å². The van der Waals surface area contributed by atoms with E-state index in [2.05, 4.69) is 16.1 Å². The highest BCUT2D eigenvalue weighted by atomic mass is 35.5.